The van der Waals surface area contributed by atoms with Gasteiger partial charge in [0.15, 0.2) is 0 Å². The van der Waals surface area contributed by atoms with E-state index in [1.54, 1.807) is 6.20 Å². The fraction of sp³-hybridized carbons (Fsp3) is 0.176. The highest BCUT2D eigenvalue weighted by atomic mass is 16.5. The van der Waals surface area contributed by atoms with E-state index in [1.807, 2.05) is 36.4 Å². The summed E-state index contributed by atoms with van der Waals surface area (Å²) in [5.41, 5.74) is 4.95. The first kappa shape index (κ1) is 12.6. The Morgan fingerprint density at radius 2 is 2.15 bits per heavy atom. The molecule has 1 aliphatic carbocycles. The maximum absolute atomic E-state index is 11.7. The summed E-state index contributed by atoms with van der Waals surface area (Å²) in [5, 5.41) is 0. The smallest absolute Gasteiger partial charge is 0.337 e. The van der Waals surface area contributed by atoms with E-state index in [-0.39, 0.29) is 5.97 Å². The number of ether oxygens (including phenoxy) is 1. The first-order chi connectivity index (χ1) is 9.79. The molecule has 3 heteroatoms. The number of pyridine rings is 1. The van der Waals surface area contributed by atoms with Crippen LogP contribution >= 0.6 is 0 Å². The molecular formula is C17H15NO2. The Hall–Kier alpha value is -2.42. The van der Waals surface area contributed by atoms with E-state index < -0.39 is 0 Å². The van der Waals surface area contributed by atoms with Crippen molar-refractivity contribution in [2.75, 3.05) is 7.11 Å². The molecule has 0 saturated carbocycles. The van der Waals surface area contributed by atoms with Gasteiger partial charge in [0.05, 0.1) is 18.4 Å². The van der Waals surface area contributed by atoms with E-state index >= 15 is 0 Å². The molecule has 0 unspecified atom stereocenters. The molecule has 1 aliphatic rings. The Morgan fingerprint density at radius 3 is 2.90 bits per heavy atom. The van der Waals surface area contributed by atoms with Gasteiger partial charge >= 0.3 is 5.97 Å². The minimum absolute atomic E-state index is 0.307. The first-order valence-electron chi connectivity index (χ1n) is 6.63. The second-order valence-corrected chi connectivity index (χ2v) is 4.73. The van der Waals surface area contributed by atoms with Gasteiger partial charge in [0.1, 0.15) is 0 Å². The molecule has 1 heterocycles. The fourth-order valence-electron chi connectivity index (χ4n) is 2.54. The number of rotatable bonds is 2. The number of methoxy groups -OCH3 is 1. The standard InChI is InChI=1S/C17H15NO2/c1-20-17(19)13-9-8-12-5-4-6-14(15(12)11-13)16-7-2-3-10-18-16/h2-3,6-11H,4-5H2,1H3. The third kappa shape index (κ3) is 2.23. The first-order valence-corrected chi connectivity index (χ1v) is 6.63. The van der Waals surface area contributed by atoms with Crippen molar-refractivity contribution in [2.45, 2.75) is 12.8 Å². The van der Waals surface area contributed by atoms with Crippen molar-refractivity contribution in [1.82, 2.24) is 4.98 Å². The van der Waals surface area contributed by atoms with Gasteiger partial charge in [0.25, 0.3) is 0 Å². The highest BCUT2D eigenvalue weighted by Gasteiger charge is 2.17. The van der Waals surface area contributed by atoms with E-state index in [9.17, 15) is 4.79 Å². The largest absolute Gasteiger partial charge is 0.465 e. The second kappa shape index (κ2) is 5.29. The Kier molecular flexibility index (Phi) is 3.33. The number of hydrogen-bond acceptors (Lipinski definition) is 3. The molecule has 0 aliphatic heterocycles. The van der Waals surface area contributed by atoms with Crippen LogP contribution in [-0.2, 0) is 11.2 Å². The summed E-state index contributed by atoms with van der Waals surface area (Å²) < 4.78 is 4.79. The van der Waals surface area contributed by atoms with Crippen molar-refractivity contribution >= 4 is 11.5 Å². The Morgan fingerprint density at radius 1 is 1.25 bits per heavy atom. The van der Waals surface area contributed by atoms with Crippen LogP contribution in [0.25, 0.3) is 5.57 Å². The molecule has 3 rings (SSSR count). The number of benzene rings is 1. The van der Waals surface area contributed by atoms with Crippen LogP contribution in [0.2, 0.25) is 0 Å². The number of hydrogen-bond donors (Lipinski definition) is 0. The van der Waals surface area contributed by atoms with E-state index in [1.165, 1.54) is 12.7 Å². The van der Waals surface area contributed by atoms with Crippen molar-refractivity contribution in [1.29, 1.82) is 0 Å². The molecule has 0 saturated heterocycles. The maximum atomic E-state index is 11.7. The highest BCUT2D eigenvalue weighted by Crippen LogP contribution is 2.31. The number of allylic oxidation sites excluding steroid dienone is 1. The van der Waals surface area contributed by atoms with Gasteiger partial charge in [-0.05, 0) is 48.2 Å². The van der Waals surface area contributed by atoms with E-state index in [0.29, 0.717) is 5.56 Å². The number of carbonyl (C=O) groups excluding carboxylic acids is 1. The molecule has 20 heavy (non-hydrogen) atoms. The van der Waals surface area contributed by atoms with Crippen LogP contribution in [0.4, 0.5) is 0 Å². The predicted octanol–water partition coefficient (Wildman–Crippen LogP) is 3.25. The number of esters is 1. The number of carbonyl (C=O) groups is 1. The van der Waals surface area contributed by atoms with Crippen LogP contribution in [0, 0.1) is 0 Å². The normalized spacial score (nSPS) is 13.3. The molecule has 0 atom stereocenters. The number of aromatic nitrogens is 1. The predicted molar refractivity (Wildman–Crippen MR) is 77.4 cm³/mol. The summed E-state index contributed by atoms with van der Waals surface area (Å²) in [6.07, 6.45) is 5.96. The zero-order valence-corrected chi connectivity index (χ0v) is 11.3. The van der Waals surface area contributed by atoms with Gasteiger partial charge in [-0.25, -0.2) is 4.79 Å². The van der Waals surface area contributed by atoms with Crippen LogP contribution in [0.3, 0.4) is 0 Å². The van der Waals surface area contributed by atoms with Crippen LogP contribution in [0.5, 0.6) is 0 Å². The molecule has 0 amide bonds. The number of fused-ring (bicyclic) bond motifs is 1. The van der Waals surface area contributed by atoms with Crippen LogP contribution in [-0.4, -0.2) is 18.1 Å². The molecule has 0 spiro atoms. The van der Waals surface area contributed by atoms with Gasteiger partial charge in [0, 0.05) is 11.8 Å². The Labute approximate surface area is 117 Å². The van der Waals surface area contributed by atoms with Crippen LogP contribution < -0.4 is 0 Å². The molecule has 3 nitrogen and oxygen atoms in total. The van der Waals surface area contributed by atoms with Gasteiger partial charge in [-0.15, -0.1) is 0 Å². The average Bonchev–Trinajstić information content (AvgIpc) is 2.54. The molecule has 0 N–H and O–H groups in total. The van der Waals surface area contributed by atoms with Crippen molar-refractivity contribution in [3.63, 3.8) is 0 Å². The summed E-state index contributed by atoms with van der Waals surface area (Å²) in [6, 6.07) is 11.6. The molecule has 100 valence electrons. The average molecular weight is 265 g/mol. The zero-order chi connectivity index (χ0) is 13.9. The lowest BCUT2D eigenvalue weighted by Crippen LogP contribution is -2.07. The highest BCUT2D eigenvalue weighted by molar-refractivity contribution is 5.92. The fourth-order valence-corrected chi connectivity index (χ4v) is 2.54. The molecular weight excluding hydrogens is 250 g/mol. The summed E-state index contributed by atoms with van der Waals surface area (Å²) in [5.74, 6) is -0.307. The van der Waals surface area contributed by atoms with Crippen molar-refractivity contribution in [3.8, 4) is 0 Å². The molecule has 2 aromatic rings. The quantitative estimate of drug-likeness (QED) is 0.782. The number of nitrogens with zero attached hydrogens (tertiary/aromatic N) is 1. The molecule has 0 fully saturated rings. The molecule has 0 bridgehead atoms. The van der Waals surface area contributed by atoms with Gasteiger partial charge in [-0.3, -0.25) is 4.98 Å². The minimum Gasteiger partial charge on any atom is -0.465 e. The molecule has 1 aromatic carbocycles. The molecule has 0 radical (unpaired) electrons. The van der Waals surface area contributed by atoms with Gasteiger partial charge in [-0.2, -0.15) is 0 Å². The summed E-state index contributed by atoms with van der Waals surface area (Å²) in [4.78, 5) is 16.1. The SMILES string of the molecule is COC(=O)c1ccc2c(c1)C(c1ccccn1)=CCC2. The number of aryl methyl sites for hydroxylation is 1. The van der Waals surface area contributed by atoms with Crippen molar-refractivity contribution in [2.24, 2.45) is 0 Å². The van der Waals surface area contributed by atoms with Crippen molar-refractivity contribution in [3.05, 3.63) is 71.1 Å². The lowest BCUT2D eigenvalue weighted by atomic mass is 9.87. The van der Waals surface area contributed by atoms with Crippen LogP contribution in [0.15, 0.2) is 48.7 Å². The summed E-state index contributed by atoms with van der Waals surface area (Å²) >= 11 is 0. The van der Waals surface area contributed by atoms with Gasteiger partial charge in [-0.1, -0.05) is 18.2 Å². The lowest BCUT2D eigenvalue weighted by Gasteiger charge is -2.18. The zero-order valence-electron chi connectivity index (χ0n) is 11.3. The van der Waals surface area contributed by atoms with E-state index in [2.05, 4.69) is 11.1 Å². The summed E-state index contributed by atoms with van der Waals surface area (Å²) in [7, 11) is 1.40. The maximum Gasteiger partial charge on any atom is 0.337 e. The third-order valence-electron chi connectivity index (χ3n) is 3.52. The van der Waals surface area contributed by atoms with Crippen LogP contribution in [0.1, 0.15) is 33.6 Å². The Balaban J connectivity index is 2.09. The lowest BCUT2D eigenvalue weighted by molar-refractivity contribution is 0.0600. The monoisotopic (exact) mass is 265 g/mol. The van der Waals surface area contributed by atoms with Gasteiger partial charge in [0.2, 0.25) is 0 Å². The second-order valence-electron chi connectivity index (χ2n) is 4.73. The third-order valence-corrected chi connectivity index (χ3v) is 3.52. The van der Waals surface area contributed by atoms with Crippen molar-refractivity contribution < 1.29 is 9.53 Å². The Bertz CT molecular complexity index is 675. The summed E-state index contributed by atoms with van der Waals surface area (Å²) in [6.45, 7) is 0. The van der Waals surface area contributed by atoms with E-state index in [4.69, 9.17) is 4.74 Å². The topological polar surface area (TPSA) is 39.2 Å². The minimum atomic E-state index is -0.307. The van der Waals surface area contributed by atoms with Gasteiger partial charge < -0.3 is 4.74 Å². The van der Waals surface area contributed by atoms with E-state index in [0.717, 1.165) is 29.7 Å². The molecule has 1 aromatic heterocycles.